The van der Waals surface area contributed by atoms with E-state index < -0.39 is 0 Å². The number of nitrogens with zero attached hydrogens (tertiary/aromatic N) is 2. The van der Waals surface area contributed by atoms with Crippen molar-refractivity contribution in [2.24, 2.45) is 13.0 Å². The fraction of sp³-hybridized carbons (Fsp3) is 0.290. The lowest BCUT2D eigenvalue weighted by atomic mass is 9.91. The summed E-state index contributed by atoms with van der Waals surface area (Å²) in [6.07, 6.45) is 6.53. The summed E-state index contributed by atoms with van der Waals surface area (Å²) in [5, 5.41) is 3.55. The molecule has 1 saturated carbocycles. The third kappa shape index (κ3) is 3.21. The highest BCUT2D eigenvalue weighted by molar-refractivity contribution is 6.11. The molecule has 1 fully saturated rings. The first-order chi connectivity index (χ1) is 16.5. The van der Waals surface area contributed by atoms with Gasteiger partial charge in [-0.25, -0.2) is 4.85 Å². The van der Waals surface area contributed by atoms with Crippen molar-refractivity contribution in [2.45, 2.75) is 46.0 Å². The van der Waals surface area contributed by atoms with E-state index in [-0.39, 0.29) is 0 Å². The van der Waals surface area contributed by atoms with Gasteiger partial charge in [-0.1, -0.05) is 49.9 Å². The van der Waals surface area contributed by atoms with E-state index in [1.54, 1.807) is 0 Å². The van der Waals surface area contributed by atoms with Crippen LogP contribution in [0.5, 0.6) is 0 Å². The summed E-state index contributed by atoms with van der Waals surface area (Å²) in [6, 6.07) is 19.2. The number of aromatic nitrogens is 1. The van der Waals surface area contributed by atoms with Crippen molar-refractivity contribution < 1.29 is 8.98 Å². The molecule has 168 valence electrons. The predicted molar refractivity (Wildman–Crippen MR) is 139 cm³/mol. The summed E-state index contributed by atoms with van der Waals surface area (Å²) in [4.78, 5) is 3.60. The fourth-order valence-corrected chi connectivity index (χ4v) is 5.95. The number of hydrogen-bond acceptors (Lipinski definition) is 1. The third-order valence-corrected chi connectivity index (χ3v) is 7.92. The molecule has 0 atom stereocenters. The molecule has 6 rings (SSSR count). The minimum Gasteiger partial charge on any atom is -0.456 e. The molecule has 1 aliphatic rings. The van der Waals surface area contributed by atoms with E-state index in [0.717, 1.165) is 39.8 Å². The molecule has 3 aromatic carbocycles. The molecule has 0 bridgehead atoms. The Labute approximate surface area is 200 Å². The molecule has 0 amide bonds. The first-order valence-corrected chi connectivity index (χ1v) is 12.3. The van der Waals surface area contributed by atoms with E-state index >= 15 is 0 Å². The number of rotatable bonds is 3. The maximum absolute atomic E-state index is 7.40. The average Bonchev–Trinajstić information content (AvgIpc) is 3.49. The van der Waals surface area contributed by atoms with Gasteiger partial charge in [0.1, 0.15) is 18.2 Å². The highest BCUT2D eigenvalue weighted by atomic mass is 16.3. The molecular weight excluding hydrogens is 416 g/mol. The van der Waals surface area contributed by atoms with E-state index in [9.17, 15) is 0 Å². The van der Waals surface area contributed by atoms with E-state index in [0.29, 0.717) is 5.69 Å². The number of aryl methyl sites for hydroxylation is 2. The second-order valence-corrected chi connectivity index (χ2v) is 9.95. The largest absolute Gasteiger partial charge is 0.456 e. The summed E-state index contributed by atoms with van der Waals surface area (Å²) in [7, 11) is 2.17. The van der Waals surface area contributed by atoms with Crippen LogP contribution in [-0.4, -0.2) is 0 Å². The summed E-state index contributed by atoms with van der Waals surface area (Å²) >= 11 is 0. The Balaban J connectivity index is 1.67. The van der Waals surface area contributed by atoms with Crippen LogP contribution in [0.15, 0.2) is 59.0 Å². The zero-order chi connectivity index (χ0) is 23.4. The van der Waals surface area contributed by atoms with Gasteiger partial charge in [0.15, 0.2) is 5.69 Å². The monoisotopic (exact) mass is 445 g/mol. The number of fused-ring (bicyclic) bond motifs is 4. The van der Waals surface area contributed by atoms with Crippen molar-refractivity contribution in [3.8, 4) is 11.3 Å². The molecule has 0 radical (unpaired) electrons. The number of hydrogen-bond donors (Lipinski definition) is 0. The minimum atomic E-state index is 0.608. The molecule has 3 nitrogen and oxygen atoms in total. The Bertz CT molecular complexity index is 1630. The summed E-state index contributed by atoms with van der Waals surface area (Å²) in [6.45, 7) is 11.8. The Morgan fingerprint density at radius 1 is 0.971 bits per heavy atom. The minimum absolute atomic E-state index is 0.608. The van der Waals surface area contributed by atoms with Crippen molar-refractivity contribution in [1.82, 2.24) is 0 Å². The van der Waals surface area contributed by atoms with Gasteiger partial charge in [-0.15, -0.1) is 0 Å². The van der Waals surface area contributed by atoms with E-state index in [1.165, 1.54) is 59.0 Å². The smallest absolute Gasteiger partial charge is 0.217 e. The standard InChI is InChI=1S/C31H29N2O/c1-19-15-26-25-14-13-23(32-3)18-29(25)34-31(26)30(20(19)2)28-17-22(16-21-9-5-6-10-21)24-11-7-8-12-27(24)33(28)4/h7-8,11-15,17-18,21H,5-6,9-10,16H2,1-2,4H3/q+1. The van der Waals surface area contributed by atoms with E-state index in [4.69, 9.17) is 11.0 Å². The quantitative estimate of drug-likeness (QED) is 0.203. The SMILES string of the molecule is [C-]#[N+]c1ccc2c(c1)oc1c(-c3cc(CC4CCCC4)c4ccccc4[n+]3C)c(C)c(C)cc12. The van der Waals surface area contributed by atoms with Gasteiger partial charge >= 0.3 is 0 Å². The van der Waals surface area contributed by atoms with Gasteiger partial charge in [0.25, 0.3) is 0 Å². The van der Waals surface area contributed by atoms with Crippen molar-refractivity contribution in [2.75, 3.05) is 0 Å². The lowest BCUT2D eigenvalue weighted by Gasteiger charge is -2.15. The lowest BCUT2D eigenvalue weighted by molar-refractivity contribution is -0.633. The number of para-hydroxylation sites is 1. The van der Waals surface area contributed by atoms with Gasteiger partial charge in [0.05, 0.1) is 12.1 Å². The fourth-order valence-electron chi connectivity index (χ4n) is 5.95. The van der Waals surface area contributed by atoms with Crippen molar-refractivity contribution in [1.29, 1.82) is 0 Å². The van der Waals surface area contributed by atoms with E-state index in [2.05, 4.69) is 66.7 Å². The molecule has 1 aliphatic carbocycles. The van der Waals surface area contributed by atoms with Crippen LogP contribution in [0.4, 0.5) is 5.69 Å². The Morgan fingerprint density at radius 2 is 1.76 bits per heavy atom. The molecule has 2 heterocycles. The zero-order valence-electron chi connectivity index (χ0n) is 20.1. The molecule has 2 aromatic heterocycles. The Morgan fingerprint density at radius 3 is 2.56 bits per heavy atom. The molecule has 0 saturated heterocycles. The van der Waals surface area contributed by atoms with E-state index in [1.807, 2.05) is 18.2 Å². The maximum Gasteiger partial charge on any atom is 0.217 e. The van der Waals surface area contributed by atoms with Crippen LogP contribution in [0.25, 0.3) is 48.9 Å². The Hall–Kier alpha value is -3.64. The van der Waals surface area contributed by atoms with Gasteiger partial charge in [0.2, 0.25) is 11.2 Å². The number of benzene rings is 3. The van der Waals surface area contributed by atoms with Crippen LogP contribution in [0.2, 0.25) is 0 Å². The molecule has 3 heteroatoms. The van der Waals surface area contributed by atoms with Crippen molar-refractivity contribution in [3.05, 3.63) is 82.7 Å². The molecule has 0 aliphatic heterocycles. The molecular formula is C31H29N2O+. The first kappa shape index (κ1) is 20.9. The highest BCUT2D eigenvalue weighted by Gasteiger charge is 2.26. The van der Waals surface area contributed by atoms with Crippen molar-refractivity contribution >= 4 is 38.5 Å². The van der Waals surface area contributed by atoms with Crippen molar-refractivity contribution in [3.63, 3.8) is 0 Å². The topological polar surface area (TPSA) is 21.4 Å². The van der Waals surface area contributed by atoms with Gasteiger partial charge in [0, 0.05) is 28.3 Å². The van der Waals surface area contributed by atoms with Crippen LogP contribution >= 0.6 is 0 Å². The summed E-state index contributed by atoms with van der Waals surface area (Å²) < 4.78 is 8.83. The van der Waals surface area contributed by atoms with Gasteiger partial charge in [-0.3, -0.25) is 0 Å². The molecule has 34 heavy (non-hydrogen) atoms. The van der Waals surface area contributed by atoms with Gasteiger partial charge in [-0.2, -0.15) is 4.57 Å². The second kappa shape index (κ2) is 7.99. The average molecular weight is 446 g/mol. The van der Waals surface area contributed by atoms with Crippen LogP contribution in [-0.2, 0) is 13.5 Å². The second-order valence-electron chi connectivity index (χ2n) is 9.95. The summed E-state index contributed by atoms with van der Waals surface area (Å²) in [5.74, 6) is 0.779. The normalized spacial score (nSPS) is 14.4. The molecule has 0 N–H and O–H groups in total. The number of furan rings is 1. The number of pyridine rings is 1. The van der Waals surface area contributed by atoms with Crippen LogP contribution in [0, 0.1) is 26.3 Å². The molecule has 0 unspecified atom stereocenters. The first-order valence-electron chi connectivity index (χ1n) is 12.3. The van der Waals surface area contributed by atoms with Gasteiger partial charge < -0.3 is 4.42 Å². The maximum atomic E-state index is 7.40. The highest BCUT2D eigenvalue weighted by Crippen LogP contribution is 2.40. The van der Waals surface area contributed by atoms with Crippen LogP contribution in [0.3, 0.4) is 0 Å². The van der Waals surface area contributed by atoms with Crippen LogP contribution in [0.1, 0.15) is 42.4 Å². The molecule has 5 aromatic rings. The zero-order valence-corrected chi connectivity index (χ0v) is 20.1. The Kier molecular flexibility index (Phi) is 4.92. The summed E-state index contributed by atoms with van der Waals surface area (Å²) in [5.41, 5.74) is 9.86. The van der Waals surface area contributed by atoms with Crippen LogP contribution < -0.4 is 4.57 Å². The molecule has 0 spiro atoms. The third-order valence-electron chi connectivity index (χ3n) is 7.92. The van der Waals surface area contributed by atoms with Gasteiger partial charge in [-0.05, 0) is 61.1 Å². The lowest BCUT2D eigenvalue weighted by Crippen LogP contribution is -2.33. The predicted octanol–water partition coefficient (Wildman–Crippen LogP) is 8.13.